The predicted molar refractivity (Wildman–Crippen MR) is 146 cm³/mol. The molecule has 0 amide bonds. The molecule has 0 fully saturated rings. The number of nitriles is 1. The number of benzene rings is 3. The molecule has 0 aliphatic rings. The summed E-state index contributed by atoms with van der Waals surface area (Å²) in [5, 5.41) is 9.75. The van der Waals surface area contributed by atoms with Crippen molar-refractivity contribution in [3.8, 4) is 34.5 Å². The molecule has 2 aromatic heterocycles. The van der Waals surface area contributed by atoms with E-state index in [9.17, 15) is 10.1 Å². The molecule has 3 aromatic carbocycles. The zero-order valence-corrected chi connectivity index (χ0v) is 21.4. The molecule has 0 spiro atoms. The van der Waals surface area contributed by atoms with Gasteiger partial charge in [0.05, 0.1) is 54.2 Å². The van der Waals surface area contributed by atoms with Crippen LogP contribution in [0.4, 0.5) is 0 Å². The Morgan fingerprint density at radius 1 is 1.03 bits per heavy atom. The van der Waals surface area contributed by atoms with E-state index in [1.54, 1.807) is 12.1 Å². The number of imidazole rings is 1. The highest BCUT2D eigenvalue weighted by atomic mass is 16.5. The molecule has 0 saturated heterocycles. The van der Waals surface area contributed by atoms with E-state index in [1.807, 2.05) is 85.3 Å². The Morgan fingerprint density at radius 2 is 1.82 bits per heavy atom. The van der Waals surface area contributed by atoms with Gasteiger partial charge in [-0.05, 0) is 60.9 Å². The third kappa shape index (κ3) is 4.72. The molecule has 0 bridgehead atoms. The summed E-state index contributed by atoms with van der Waals surface area (Å²) in [5.41, 5.74) is 8.00. The number of para-hydroxylation sites is 1. The highest BCUT2D eigenvalue weighted by molar-refractivity contribution is 6.02. The molecular weight excluding hydrogens is 476 g/mol. The molecule has 0 unspecified atom stereocenters. The van der Waals surface area contributed by atoms with E-state index in [2.05, 4.69) is 16.0 Å². The molecule has 0 N–H and O–H groups in total. The zero-order chi connectivity index (χ0) is 26.6. The maximum atomic E-state index is 12.5. The number of fused-ring (bicyclic) bond motifs is 1. The number of esters is 1. The van der Waals surface area contributed by atoms with Crippen LogP contribution in [0, 0.1) is 18.3 Å². The lowest BCUT2D eigenvalue weighted by Gasteiger charge is -2.12. The summed E-state index contributed by atoms with van der Waals surface area (Å²) >= 11 is 0. The van der Waals surface area contributed by atoms with Gasteiger partial charge < -0.3 is 9.47 Å². The van der Waals surface area contributed by atoms with E-state index in [0.717, 1.165) is 33.5 Å². The Balaban J connectivity index is 1.52. The molecule has 0 radical (unpaired) electrons. The molecule has 0 atom stereocenters. The molecule has 0 aliphatic heterocycles. The Hall–Kier alpha value is -4.96. The van der Waals surface area contributed by atoms with Crippen LogP contribution in [0.5, 0.6) is 6.01 Å². The van der Waals surface area contributed by atoms with Crippen molar-refractivity contribution in [1.29, 1.82) is 5.26 Å². The number of methoxy groups -OCH3 is 1. The molecule has 188 valence electrons. The van der Waals surface area contributed by atoms with Gasteiger partial charge >= 0.3 is 5.97 Å². The molecule has 5 aromatic rings. The van der Waals surface area contributed by atoms with Gasteiger partial charge in [0.25, 0.3) is 6.01 Å². The average molecular weight is 503 g/mol. The van der Waals surface area contributed by atoms with Crippen molar-refractivity contribution in [1.82, 2.24) is 14.5 Å². The number of pyridine rings is 1. The second-order valence-corrected chi connectivity index (χ2v) is 8.87. The minimum atomic E-state index is -0.429. The molecule has 5 rings (SSSR count). The van der Waals surface area contributed by atoms with Gasteiger partial charge in [-0.2, -0.15) is 10.2 Å². The van der Waals surface area contributed by atoms with Crippen LogP contribution in [0.15, 0.2) is 79.0 Å². The number of carbonyl (C=O) groups is 1. The molecule has 7 nitrogen and oxygen atoms in total. The van der Waals surface area contributed by atoms with Crippen molar-refractivity contribution in [2.24, 2.45) is 0 Å². The second-order valence-electron chi connectivity index (χ2n) is 8.87. The van der Waals surface area contributed by atoms with E-state index < -0.39 is 5.97 Å². The fourth-order valence-electron chi connectivity index (χ4n) is 4.48. The lowest BCUT2D eigenvalue weighted by molar-refractivity contribution is 0.0602. The Kier molecular flexibility index (Phi) is 6.88. The van der Waals surface area contributed by atoms with Crippen molar-refractivity contribution in [3.63, 3.8) is 0 Å². The molecule has 0 saturated carbocycles. The van der Waals surface area contributed by atoms with Crippen LogP contribution in [-0.4, -0.2) is 34.2 Å². The summed E-state index contributed by atoms with van der Waals surface area (Å²) < 4.78 is 12.7. The summed E-state index contributed by atoms with van der Waals surface area (Å²) in [5.74, 6) is -0.429. The first-order valence-electron chi connectivity index (χ1n) is 12.3. The molecule has 0 aliphatic carbocycles. The first kappa shape index (κ1) is 24.7. The van der Waals surface area contributed by atoms with Gasteiger partial charge in [-0.3, -0.25) is 9.55 Å². The van der Waals surface area contributed by atoms with Gasteiger partial charge in [-0.25, -0.2) is 4.79 Å². The number of ether oxygens (including phenoxy) is 2. The first-order chi connectivity index (χ1) is 18.5. The third-order valence-electron chi connectivity index (χ3n) is 6.36. The summed E-state index contributed by atoms with van der Waals surface area (Å²) in [6, 6.07) is 25.9. The minimum absolute atomic E-state index is 0.429. The van der Waals surface area contributed by atoms with Gasteiger partial charge in [-0.15, -0.1) is 0 Å². The summed E-state index contributed by atoms with van der Waals surface area (Å²) in [6.45, 7) is 4.78. The van der Waals surface area contributed by atoms with Crippen molar-refractivity contribution in [2.45, 2.75) is 20.4 Å². The van der Waals surface area contributed by atoms with E-state index in [-0.39, 0.29) is 0 Å². The summed E-state index contributed by atoms with van der Waals surface area (Å²) in [4.78, 5) is 21.6. The number of nitrogens with zero attached hydrogens (tertiary/aromatic N) is 4. The Morgan fingerprint density at radius 3 is 2.50 bits per heavy atom. The second kappa shape index (κ2) is 10.6. The first-order valence-corrected chi connectivity index (χ1v) is 12.3. The van der Waals surface area contributed by atoms with E-state index in [4.69, 9.17) is 9.47 Å². The molecular formula is C31H26N4O3. The fraction of sp³-hybridized carbons (Fsp3) is 0.161. The van der Waals surface area contributed by atoms with Gasteiger partial charge in [-0.1, -0.05) is 42.5 Å². The zero-order valence-electron chi connectivity index (χ0n) is 21.4. The van der Waals surface area contributed by atoms with Gasteiger partial charge in [0.2, 0.25) is 0 Å². The molecule has 2 heterocycles. The van der Waals surface area contributed by atoms with Crippen LogP contribution in [0.1, 0.15) is 34.0 Å². The largest absolute Gasteiger partial charge is 0.465 e. The van der Waals surface area contributed by atoms with Crippen LogP contribution in [0.25, 0.3) is 33.4 Å². The SMILES string of the molecule is CCOc1nc2cccc(C(=O)OC)c2n1Cc1ccc(-c2cc(-c3ccc(C)cn3)ccc2C#N)cc1. The van der Waals surface area contributed by atoms with Gasteiger partial charge in [0.1, 0.15) is 0 Å². The Labute approximate surface area is 220 Å². The third-order valence-corrected chi connectivity index (χ3v) is 6.36. The van der Waals surface area contributed by atoms with Crippen LogP contribution < -0.4 is 4.74 Å². The quantitative estimate of drug-likeness (QED) is 0.247. The predicted octanol–water partition coefficient (Wildman–Crippen LogP) is 6.18. The van der Waals surface area contributed by atoms with Crippen LogP contribution in [-0.2, 0) is 11.3 Å². The molecule has 7 heteroatoms. The standard InChI is InChI=1S/C31H26N4O3/c1-4-38-31-34-28-7-5-6-25(30(36)37-3)29(28)35(31)19-21-9-11-22(12-10-21)26-16-23(13-14-24(26)17-32)27-15-8-20(2)18-33-27/h5-16,18H,4,19H2,1-3H3. The average Bonchev–Trinajstić information content (AvgIpc) is 3.30. The summed E-state index contributed by atoms with van der Waals surface area (Å²) in [6.07, 6.45) is 1.84. The van der Waals surface area contributed by atoms with Crippen LogP contribution >= 0.6 is 0 Å². The van der Waals surface area contributed by atoms with Crippen molar-refractivity contribution in [3.05, 3.63) is 101 Å². The van der Waals surface area contributed by atoms with Crippen molar-refractivity contribution >= 4 is 17.0 Å². The number of carbonyl (C=O) groups excluding carboxylic acids is 1. The number of rotatable bonds is 7. The lowest BCUT2D eigenvalue weighted by Crippen LogP contribution is -2.09. The van der Waals surface area contributed by atoms with E-state index in [1.165, 1.54) is 7.11 Å². The maximum Gasteiger partial charge on any atom is 0.340 e. The normalized spacial score (nSPS) is 10.8. The van der Waals surface area contributed by atoms with Crippen molar-refractivity contribution in [2.75, 3.05) is 13.7 Å². The number of hydrogen-bond acceptors (Lipinski definition) is 6. The van der Waals surface area contributed by atoms with Crippen molar-refractivity contribution < 1.29 is 14.3 Å². The number of hydrogen-bond donors (Lipinski definition) is 0. The lowest BCUT2D eigenvalue weighted by atomic mass is 9.96. The highest BCUT2D eigenvalue weighted by Gasteiger charge is 2.20. The highest BCUT2D eigenvalue weighted by Crippen LogP contribution is 2.31. The van der Waals surface area contributed by atoms with Crippen LogP contribution in [0.3, 0.4) is 0 Å². The number of aromatic nitrogens is 3. The van der Waals surface area contributed by atoms with Gasteiger partial charge in [0, 0.05) is 17.3 Å². The van der Waals surface area contributed by atoms with E-state index in [0.29, 0.717) is 41.3 Å². The maximum absolute atomic E-state index is 12.5. The number of aryl methyl sites for hydroxylation is 1. The molecule has 38 heavy (non-hydrogen) atoms. The topological polar surface area (TPSA) is 90.0 Å². The van der Waals surface area contributed by atoms with Gasteiger partial charge in [0.15, 0.2) is 0 Å². The summed E-state index contributed by atoms with van der Waals surface area (Å²) in [7, 11) is 1.36. The van der Waals surface area contributed by atoms with Crippen LogP contribution in [0.2, 0.25) is 0 Å². The monoisotopic (exact) mass is 502 g/mol. The fourth-order valence-corrected chi connectivity index (χ4v) is 4.48. The Bertz CT molecular complexity index is 1660. The minimum Gasteiger partial charge on any atom is -0.465 e. The van der Waals surface area contributed by atoms with E-state index >= 15 is 0 Å². The smallest absolute Gasteiger partial charge is 0.340 e.